The van der Waals surface area contributed by atoms with E-state index >= 15 is 0 Å². The van der Waals surface area contributed by atoms with Gasteiger partial charge in [0, 0.05) is 6.07 Å². The maximum Gasteiger partial charge on any atom is 0.239 e. The first kappa shape index (κ1) is 12.5. The average molecular weight is 268 g/mol. The summed E-state index contributed by atoms with van der Waals surface area (Å²) in [5.41, 5.74) is 0. The number of para-hydroxylation sites is 1. The molecular weight excluding hydrogens is 259 g/mol. The number of nitrogens with zero attached hydrogens (tertiary/aromatic N) is 1. The highest BCUT2D eigenvalue weighted by Crippen LogP contribution is 2.22. The third kappa shape index (κ3) is 2.82. The molecule has 0 amide bonds. The second kappa shape index (κ2) is 4.71. The number of sulfonamides is 1. The minimum atomic E-state index is -3.79. The van der Waals surface area contributed by atoms with Crippen LogP contribution >= 0.6 is 0 Å². The Kier molecular flexibility index (Phi) is 3.26. The minimum Gasteiger partial charge on any atom is -0.436 e. The van der Waals surface area contributed by atoms with Gasteiger partial charge in [-0.2, -0.15) is 0 Å². The summed E-state index contributed by atoms with van der Waals surface area (Å²) in [6.07, 6.45) is 1.05. The topological polar surface area (TPSA) is 82.3 Å². The van der Waals surface area contributed by atoms with Gasteiger partial charge in [-0.25, -0.2) is 22.9 Å². The molecule has 0 radical (unpaired) electrons. The van der Waals surface area contributed by atoms with Gasteiger partial charge in [-0.15, -0.1) is 0 Å². The van der Waals surface area contributed by atoms with Crippen molar-refractivity contribution in [3.05, 3.63) is 48.4 Å². The molecule has 1 aromatic carbocycles. The lowest BCUT2D eigenvalue weighted by Crippen LogP contribution is -2.12. The van der Waals surface area contributed by atoms with Gasteiger partial charge in [0.1, 0.15) is 4.90 Å². The van der Waals surface area contributed by atoms with E-state index in [-0.39, 0.29) is 16.5 Å². The van der Waals surface area contributed by atoms with Crippen LogP contribution < -0.4 is 9.88 Å². The van der Waals surface area contributed by atoms with E-state index in [0.29, 0.717) is 0 Å². The number of aromatic nitrogens is 1. The van der Waals surface area contributed by atoms with Crippen molar-refractivity contribution in [3.8, 4) is 11.6 Å². The van der Waals surface area contributed by atoms with Gasteiger partial charge in [0.05, 0.1) is 6.20 Å². The summed E-state index contributed by atoms with van der Waals surface area (Å²) in [5, 5.41) is 4.91. The first-order valence-electron chi connectivity index (χ1n) is 4.88. The highest BCUT2D eigenvalue weighted by molar-refractivity contribution is 7.89. The van der Waals surface area contributed by atoms with E-state index in [1.807, 2.05) is 0 Å². The van der Waals surface area contributed by atoms with Gasteiger partial charge in [0.25, 0.3) is 0 Å². The maximum atomic E-state index is 13.3. The van der Waals surface area contributed by atoms with Crippen LogP contribution in [0.4, 0.5) is 4.39 Å². The fourth-order valence-corrected chi connectivity index (χ4v) is 1.69. The average Bonchev–Trinajstić information content (AvgIpc) is 2.32. The largest absolute Gasteiger partial charge is 0.436 e. The molecule has 18 heavy (non-hydrogen) atoms. The molecule has 0 aliphatic heterocycles. The Morgan fingerprint density at radius 3 is 2.44 bits per heavy atom. The van der Waals surface area contributed by atoms with Crippen LogP contribution in [0.3, 0.4) is 0 Å². The Labute approximate surface area is 103 Å². The van der Waals surface area contributed by atoms with Crippen molar-refractivity contribution in [1.29, 1.82) is 0 Å². The van der Waals surface area contributed by atoms with E-state index in [9.17, 15) is 12.8 Å². The first-order chi connectivity index (χ1) is 8.47. The van der Waals surface area contributed by atoms with Crippen molar-refractivity contribution >= 4 is 10.0 Å². The lowest BCUT2D eigenvalue weighted by atomic mass is 10.3. The molecule has 0 bridgehead atoms. The number of nitrogens with two attached hydrogens (primary N) is 1. The van der Waals surface area contributed by atoms with Crippen LogP contribution in [0.25, 0.3) is 0 Å². The van der Waals surface area contributed by atoms with Crippen molar-refractivity contribution in [3.63, 3.8) is 0 Å². The van der Waals surface area contributed by atoms with Gasteiger partial charge < -0.3 is 4.74 Å². The van der Waals surface area contributed by atoms with Crippen molar-refractivity contribution < 1.29 is 17.5 Å². The van der Waals surface area contributed by atoms with Crippen molar-refractivity contribution in [1.82, 2.24) is 4.98 Å². The van der Waals surface area contributed by atoms with Gasteiger partial charge in [0.15, 0.2) is 11.6 Å². The van der Waals surface area contributed by atoms with Crippen LogP contribution in [-0.2, 0) is 10.0 Å². The fourth-order valence-electron chi connectivity index (χ4n) is 1.24. The smallest absolute Gasteiger partial charge is 0.239 e. The molecule has 0 aliphatic rings. The van der Waals surface area contributed by atoms with Gasteiger partial charge in [-0.1, -0.05) is 12.1 Å². The molecule has 0 unspecified atom stereocenters. The summed E-state index contributed by atoms with van der Waals surface area (Å²) >= 11 is 0. The summed E-state index contributed by atoms with van der Waals surface area (Å²) in [4.78, 5) is 3.60. The number of benzene rings is 1. The molecule has 2 aromatic rings. The van der Waals surface area contributed by atoms with Crippen molar-refractivity contribution in [2.45, 2.75) is 4.90 Å². The quantitative estimate of drug-likeness (QED) is 0.917. The molecule has 0 fully saturated rings. The second-order valence-electron chi connectivity index (χ2n) is 3.41. The van der Waals surface area contributed by atoms with Gasteiger partial charge >= 0.3 is 0 Å². The number of pyridine rings is 1. The third-order valence-corrected chi connectivity index (χ3v) is 2.99. The van der Waals surface area contributed by atoms with Crippen molar-refractivity contribution in [2.75, 3.05) is 0 Å². The Morgan fingerprint density at radius 2 is 1.89 bits per heavy atom. The molecule has 2 N–H and O–H groups in total. The molecule has 7 heteroatoms. The second-order valence-corrected chi connectivity index (χ2v) is 4.97. The van der Waals surface area contributed by atoms with Crippen LogP contribution in [0.15, 0.2) is 47.5 Å². The monoisotopic (exact) mass is 268 g/mol. The number of rotatable bonds is 3. The number of ether oxygens (including phenoxy) is 1. The molecule has 1 heterocycles. The molecule has 0 saturated heterocycles. The lowest BCUT2D eigenvalue weighted by Gasteiger charge is -2.05. The molecule has 2 rings (SSSR count). The third-order valence-electron chi connectivity index (χ3n) is 2.09. The zero-order valence-corrected chi connectivity index (χ0v) is 9.89. The van der Waals surface area contributed by atoms with Crippen LogP contribution in [0.2, 0.25) is 0 Å². The van der Waals surface area contributed by atoms with Gasteiger partial charge in [-0.05, 0) is 18.2 Å². The maximum absolute atomic E-state index is 13.3. The molecule has 0 saturated carbocycles. The number of halogens is 1. The molecule has 0 atom stereocenters. The Morgan fingerprint density at radius 1 is 1.17 bits per heavy atom. The van der Waals surface area contributed by atoms with Crippen molar-refractivity contribution in [2.24, 2.45) is 5.14 Å². The lowest BCUT2D eigenvalue weighted by molar-refractivity contribution is 0.427. The Balaban J connectivity index is 2.24. The van der Waals surface area contributed by atoms with E-state index in [0.717, 1.165) is 6.20 Å². The minimum absolute atomic E-state index is 0.00774. The molecule has 0 aliphatic carbocycles. The molecule has 5 nitrogen and oxygen atoms in total. The summed E-state index contributed by atoms with van der Waals surface area (Å²) in [5.74, 6) is -0.448. The van der Waals surface area contributed by atoms with E-state index in [2.05, 4.69) is 4.98 Å². The molecule has 1 aromatic heterocycles. The van der Waals surface area contributed by atoms with Gasteiger partial charge in [-0.3, -0.25) is 0 Å². The van der Waals surface area contributed by atoms with Crippen LogP contribution in [0.1, 0.15) is 0 Å². The van der Waals surface area contributed by atoms with E-state index in [1.54, 1.807) is 6.07 Å². The van der Waals surface area contributed by atoms with E-state index in [4.69, 9.17) is 9.88 Å². The van der Waals surface area contributed by atoms with Crippen LogP contribution in [0, 0.1) is 5.82 Å². The Bertz CT molecular complexity index is 656. The SMILES string of the molecule is NS(=O)(=O)c1ccc(Oc2ccccc2F)nc1. The van der Waals surface area contributed by atoms with Crippen LogP contribution in [-0.4, -0.2) is 13.4 Å². The standard InChI is InChI=1S/C11H9FN2O3S/c12-9-3-1-2-4-10(9)17-11-6-5-8(7-14-11)18(13,15)16/h1-7H,(H2,13,15,16). The molecular formula is C11H9FN2O3S. The highest BCUT2D eigenvalue weighted by atomic mass is 32.2. The predicted octanol–water partition coefficient (Wildman–Crippen LogP) is 1.66. The highest BCUT2D eigenvalue weighted by Gasteiger charge is 2.09. The normalized spacial score (nSPS) is 11.2. The number of hydrogen-bond acceptors (Lipinski definition) is 4. The van der Waals surface area contributed by atoms with E-state index < -0.39 is 15.8 Å². The summed E-state index contributed by atoms with van der Waals surface area (Å²) in [6.45, 7) is 0. The predicted molar refractivity (Wildman–Crippen MR) is 62.1 cm³/mol. The Hall–Kier alpha value is -1.99. The summed E-state index contributed by atoms with van der Waals surface area (Å²) in [7, 11) is -3.79. The molecule has 94 valence electrons. The zero-order chi connectivity index (χ0) is 13.2. The summed E-state index contributed by atoms with van der Waals surface area (Å²) < 4.78 is 40.4. The molecule has 0 spiro atoms. The van der Waals surface area contributed by atoms with Gasteiger partial charge in [0.2, 0.25) is 15.9 Å². The number of hydrogen-bond donors (Lipinski definition) is 1. The zero-order valence-electron chi connectivity index (χ0n) is 9.08. The fraction of sp³-hybridized carbons (Fsp3) is 0. The van der Waals surface area contributed by atoms with E-state index in [1.165, 1.54) is 30.3 Å². The number of primary sulfonamides is 1. The summed E-state index contributed by atoms with van der Waals surface area (Å²) in [6, 6.07) is 8.35. The first-order valence-corrected chi connectivity index (χ1v) is 6.43. The van der Waals surface area contributed by atoms with Crippen LogP contribution in [0.5, 0.6) is 11.6 Å².